The smallest absolute Gasteiger partial charge is 0.265 e. The molecule has 0 radical (unpaired) electrons. The third kappa shape index (κ3) is 4.89. The average molecular weight is 404 g/mol. The van der Waals surface area contributed by atoms with Crippen LogP contribution in [0.2, 0.25) is 0 Å². The number of nitrogens with zero attached hydrogens (tertiary/aromatic N) is 1. The highest BCUT2D eigenvalue weighted by Gasteiger charge is 2.26. The molecule has 0 spiro atoms. The van der Waals surface area contributed by atoms with Gasteiger partial charge in [-0.05, 0) is 50.2 Å². The van der Waals surface area contributed by atoms with Crippen molar-refractivity contribution in [2.24, 2.45) is 0 Å². The summed E-state index contributed by atoms with van der Waals surface area (Å²) < 4.78 is 37.5. The van der Waals surface area contributed by atoms with Crippen LogP contribution in [-0.4, -0.2) is 51.0 Å². The lowest BCUT2D eigenvalue weighted by molar-refractivity contribution is -0.122. The summed E-state index contributed by atoms with van der Waals surface area (Å²) in [5.41, 5.74) is 1.61. The summed E-state index contributed by atoms with van der Waals surface area (Å²) in [5, 5.41) is 2.74. The predicted molar refractivity (Wildman–Crippen MR) is 106 cm³/mol. The highest BCUT2D eigenvalue weighted by atomic mass is 32.2. The highest BCUT2D eigenvalue weighted by molar-refractivity contribution is 7.89. The van der Waals surface area contributed by atoms with E-state index in [4.69, 9.17) is 9.47 Å². The first-order valence-corrected chi connectivity index (χ1v) is 10.5. The molecule has 1 saturated heterocycles. The molecule has 8 heteroatoms. The zero-order valence-electron chi connectivity index (χ0n) is 15.9. The number of rotatable bonds is 6. The van der Waals surface area contributed by atoms with Crippen molar-refractivity contribution in [3.05, 3.63) is 54.1 Å². The van der Waals surface area contributed by atoms with Crippen LogP contribution < -0.4 is 10.1 Å². The molecule has 1 aliphatic rings. The van der Waals surface area contributed by atoms with Gasteiger partial charge in [0.2, 0.25) is 10.0 Å². The molecule has 28 heavy (non-hydrogen) atoms. The van der Waals surface area contributed by atoms with Crippen molar-refractivity contribution in [3.8, 4) is 5.75 Å². The molecule has 1 heterocycles. The van der Waals surface area contributed by atoms with Gasteiger partial charge in [0.05, 0.1) is 18.1 Å². The van der Waals surface area contributed by atoms with E-state index in [1.54, 1.807) is 19.1 Å². The second-order valence-electron chi connectivity index (χ2n) is 6.60. The number of sulfonamides is 1. The van der Waals surface area contributed by atoms with Crippen molar-refractivity contribution in [1.82, 2.24) is 4.31 Å². The lowest BCUT2D eigenvalue weighted by Crippen LogP contribution is -2.40. The maximum Gasteiger partial charge on any atom is 0.265 e. The summed E-state index contributed by atoms with van der Waals surface area (Å²) >= 11 is 0. The molecule has 1 atom stereocenters. The molecule has 1 aliphatic heterocycles. The Bertz CT molecular complexity index is 905. The zero-order valence-corrected chi connectivity index (χ0v) is 16.7. The lowest BCUT2D eigenvalue weighted by Gasteiger charge is -2.26. The zero-order chi connectivity index (χ0) is 20.1. The van der Waals surface area contributed by atoms with Crippen LogP contribution in [0.4, 0.5) is 5.69 Å². The Hall–Kier alpha value is -2.42. The molecule has 0 saturated carbocycles. The van der Waals surface area contributed by atoms with Gasteiger partial charge in [-0.15, -0.1) is 0 Å². The normalized spacial score (nSPS) is 16.4. The van der Waals surface area contributed by atoms with E-state index in [1.807, 2.05) is 31.2 Å². The van der Waals surface area contributed by atoms with Crippen LogP contribution in [0.3, 0.4) is 0 Å². The summed E-state index contributed by atoms with van der Waals surface area (Å²) in [5.74, 6) is 0.296. The van der Waals surface area contributed by atoms with Gasteiger partial charge in [-0.25, -0.2) is 8.42 Å². The van der Waals surface area contributed by atoms with Crippen molar-refractivity contribution in [3.63, 3.8) is 0 Å². The minimum absolute atomic E-state index is 0.191. The van der Waals surface area contributed by atoms with E-state index in [2.05, 4.69) is 5.32 Å². The van der Waals surface area contributed by atoms with E-state index >= 15 is 0 Å². The Balaban J connectivity index is 1.61. The fourth-order valence-electron chi connectivity index (χ4n) is 2.76. The molecular weight excluding hydrogens is 380 g/mol. The van der Waals surface area contributed by atoms with Crippen LogP contribution in [0.15, 0.2) is 53.4 Å². The van der Waals surface area contributed by atoms with Gasteiger partial charge in [0.1, 0.15) is 5.75 Å². The quantitative estimate of drug-likeness (QED) is 0.799. The molecule has 1 fully saturated rings. The van der Waals surface area contributed by atoms with Crippen LogP contribution in [0.25, 0.3) is 0 Å². The van der Waals surface area contributed by atoms with Crippen LogP contribution in [-0.2, 0) is 19.6 Å². The Morgan fingerprint density at radius 2 is 1.68 bits per heavy atom. The Kier molecular flexibility index (Phi) is 6.33. The van der Waals surface area contributed by atoms with Crippen LogP contribution >= 0.6 is 0 Å². The van der Waals surface area contributed by atoms with Gasteiger partial charge in [-0.2, -0.15) is 4.31 Å². The van der Waals surface area contributed by atoms with Gasteiger partial charge < -0.3 is 14.8 Å². The van der Waals surface area contributed by atoms with Crippen molar-refractivity contribution in [2.45, 2.75) is 24.8 Å². The molecule has 2 aromatic rings. The van der Waals surface area contributed by atoms with Gasteiger partial charge in [0.15, 0.2) is 6.10 Å². The number of anilines is 1. The predicted octanol–water partition coefficient (Wildman–Crippen LogP) is 2.42. The van der Waals surface area contributed by atoms with Gasteiger partial charge in [0.25, 0.3) is 5.91 Å². The van der Waals surface area contributed by atoms with Crippen molar-refractivity contribution < 1.29 is 22.7 Å². The number of benzene rings is 2. The monoisotopic (exact) mass is 404 g/mol. The summed E-state index contributed by atoms with van der Waals surface area (Å²) in [7, 11) is -3.55. The summed E-state index contributed by atoms with van der Waals surface area (Å²) in [6.07, 6.45) is -0.695. The summed E-state index contributed by atoms with van der Waals surface area (Å²) in [6.45, 7) is 5.11. The highest BCUT2D eigenvalue weighted by Crippen LogP contribution is 2.20. The number of hydrogen-bond acceptors (Lipinski definition) is 5. The molecular formula is C20H24N2O5S. The maximum atomic E-state index is 12.6. The Morgan fingerprint density at radius 1 is 1.07 bits per heavy atom. The number of morpholine rings is 1. The number of amides is 1. The summed E-state index contributed by atoms with van der Waals surface area (Å²) in [6, 6.07) is 13.6. The van der Waals surface area contributed by atoms with Crippen LogP contribution in [0, 0.1) is 6.92 Å². The van der Waals surface area contributed by atoms with E-state index in [0.717, 1.165) is 5.56 Å². The molecule has 0 bridgehead atoms. The number of hydrogen-bond donors (Lipinski definition) is 1. The molecule has 0 unspecified atom stereocenters. The van der Waals surface area contributed by atoms with Crippen molar-refractivity contribution >= 4 is 21.6 Å². The minimum Gasteiger partial charge on any atom is -0.481 e. The topological polar surface area (TPSA) is 84.9 Å². The largest absolute Gasteiger partial charge is 0.481 e. The third-order valence-electron chi connectivity index (χ3n) is 4.43. The second-order valence-corrected chi connectivity index (χ2v) is 8.54. The first-order chi connectivity index (χ1) is 13.4. The minimum atomic E-state index is -3.55. The number of carbonyl (C=O) groups is 1. The first-order valence-electron chi connectivity index (χ1n) is 9.08. The molecule has 1 N–H and O–H groups in total. The van der Waals surface area contributed by atoms with E-state index in [-0.39, 0.29) is 10.8 Å². The van der Waals surface area contributed by atoms with E-state index in [0.29, 0.717) is 37.7 Å². The summed E-state index contributed by atoms with van der Waals surface area (Å²) in [4.78, 5) is 12.5. The lowest BCUT2D eigenvalue weighted by atomic mass is 10.2. The van der Waals surface area contributed by atoms with Crippen LogP contribution in [0.1, 0.15) is 12.5 Å². The van der Waals surface area contributed by atoms with Gasteiger partial charge in [-0.1, -0.05) is 17.7 Å². The first kappa shape index (κ1) is 20.3. The standard InChI is InChI=1S/C20H24N2O5S/c1-15-3-7-18(8-4-15)27-16(2)20(23)21-17-5-9-19(10-6-17)28(24,25)22-11-13-26-14-12-22/h3-10,16H,11-14H2,1-2H3,(H,21,23)/t16-/m0/s1. The third-order valence-corrected chi connectivity index (χ3v) is 6.35. The molecule has 0 aliphatic carbocycles. The van der Waals surface area contributed by atoms with Gasteiger partial charge in [0, 0.05) is 18.8 Å². The van der Waals surface area contributed by atoms with E-state index < -0.39 is 16.1 Å². The molecule has 150 valence electrons. The number of carbonyl (C=O) groups excluding carboxylic acids is 1. The van der Waals surface area contributed by atoms with Crippen molar-refractivity contribution in [1.29, 1.82) is 0 Å². The fraction of sp³-hybridized carbons (Fsp3) is 0.350. The average Bonchev–Trinajstić information content (AvgIpc) is 2.70. The fourth-order valence-corrected chi connectivity index (χ4v) is 4.17. The van der Waals surface area contributed by atoms with Gasteiger partial charge in [-0.3, -0.25) is 4.79 Å². The molecule has 3 rings (SSSR count). The Labute approximate surface area is 165 Å². The Morgan fingerprint density at radius 3 is 2.29 bits per heavy atom. The number of aryl methyl sites for hydroxylation is 1. The number of ether oxygens (including phenoxy) is 2. The maximum absolute atomic E-state index is 12.6. The second kappa shape index (κ2) is 8.72. The molecule has 7 nitrogen and oxygen atoms in total. The SMILES string of the molecule is Cc1ccc(O[C@@H](C)C(=O)Nc2ccc(S(=O)(=O)N3CCOCC3)cc2)cc1. The molecule has 1 amide bonds. The van der Waals surface area contributed by atoms with Crippen molar-refractivity contribution in [2.75, 3.05) is 31.6 Å². The van der Waals surface area contributed by atoms with Gasteiger partial charge >= 0.3 is 0 Å². The van der Waals surface area contributed by atoms with Crippen LogP contribution in [0.5, 0.6) is 5.75 Å². The molecule has 2 aromatic carbocycles. The number of nitrogens with one attached hydrogen (secondary N) is 1. The van der Waals surface area contributed by atoms with E-state index in [9.17, 15) is 13.2 Å². The molecule has 0 aromatic heterocycles. The van der Waals surface area contributed by atoms with E-state index in [1.165, 1.54) is 16.4 Å².